The van der Waals surface area contributed by atoms with E-state index in [0.29, 0.717) is 0 Å². The van der Waals surface area contributed by atoms with E-state index in [-0.39, 0.29) is 0 Å². The highest BCUT2D eigenvalue weighted by molar-refractivity contribution is 5.59. The SMILES string of the molecule is CCCCC/C=N/Nc1ccccc1. The second-order valence-corrected chi connectivity index (χ2v) is 3.29. The van der Waals surface area contributed by atoms with Gasteiger partial charge in [0.25, 0.3) is 0 Å². The molecule has 0 saturated carbocycles. The topological polar surface area (TPSA) is 24.4 Å². The normalized spacial score (nSPS) is 10.6. The van der Waals surface area contributed by atoms with E-state index in [4.69, 9.17) is 0 Å². The second kappa shape index (κ2) is 7.13. The Balaban J connectivity index is 2.14. The lowest BCUT2D eigenvalue weighted by molar-refractivity contribution is 0.746. The van der Waals surface area contributed by atoms with Gasteiger partial charge in [-0.2, -0.15) is 5.10 Å². The highest BCUT2D eigenvalue weighted by Gasteiger charge is 1.84. The van der Waals surface area contributed by atoms with E-state index in [1.807, 2.05) is 36.5 Å². The lowest BCUT2D eigenvalue weighted by Gasteiger charge is -1.97. The number of unbranched alkanes of at least 4 members (excludes halogenated alkanes) is 3. The minimum Gasteiger partial charge on any atom is -0.279 e. The van der Waals surface area contributed by atoms with Crippen LogP contribution in [0, 0.1) is 0 Å². The summed E-state index contributed by atoms with van der Waals surface area (Å²) in [6.07, 6.45) is 6.80. The fourth-order valence-corrected chi connectivity index (χ4v) is 1.18. The van der Waals surface area contributed by atoms with Crippen LogP contribution in [0.3, 0.4) is 0 Å². The summed E-state index contributed by atoms with van der Waals surface area (Å²) in [5, 5.41) is 4.14. The van der Waals surface area contributed by atoms with Gasteiger partial charge in [0.15, 0.2) is 0 Å². The first-order valence-electron chi connectivity index (χ1n) is 5.26. The van der Waals surface area contributed by atoms with Crippen LogP contribution in [-0.4, -0.2) is 6.21 Å². The Hall–Kier alpha value is -1.31. The number of hydrazone groups is 1. The molecule has 0 unspecified atom stereocenters. The molecule has 0 aromatic heterocycles. The van der Waals surface area contributed by atoms with E-state index in [1.54, 1.807) is 0 Å². The van der Waals surface area contributed by atoms with Gasteiger partial charge in [-0.3, -0.25) is 5.43 Å². The van der Waals surface area contributed by atoms with Crippen LogP contribution in [0.5, 0.6) is 0 Å². The van der Waals surface area contributed by atoms with Crippen LogP contribution in [0.25, 0.3) is 0 Å². The predicted molar refractivity (Wildman–Crippen MR) is 62.7 cm³/mol. The zero-order valence-corrected chi connectivity index (χ0v) is 8.74. The average Bonchev–Trinajstić information content (AvgIpc) is 2.25. The lowest BCUT2D eigenvalue weighted by Crippen LogP contribution is -1.88. The van der Waals surface area contributed by atoms with Crippen LogP contribution in [0.4, 0.5) is 5.69 Å². The Morgan fingerprint density at radius 3 is 2.71 bits per heavy atom. The van der Waals surface area contributed by atoms with Gasteiger partial charge < -0.3 is 0 Å². The maximum Gasteiger partial charge on any atom is 0.0561 e. The number of hydrogen-bond acceptors (Lipinski definition) is 2. The van der Waals surface area contributed by atoms with Gasteiger partial charge in [-0.25, -0.2) is 0 Å². The second-order valence-electron chi connectivity index (χ2n) is 3.29. The Morgan fingerprint density at radius 1 is 1.21 bits per heavy atom. The fraction of sp³-hybridized carbons (Fsp3) is 0.417. The monoisotopic (exact) mass is 190 g/mol. The van der Waals surface area contributed by atoms with Crippen LogP contribution in [-0.2, 0) is 0 Å². The standard InChI is InChI=1S/C12H18N2/c1-2-3-4-8-11-13-14-12-9-6-5-7-10-12/h5-7,9-11,14H,2-4,8H2,1H3/b13-11+. The van der Waals surface area contributed by atoms with Gasteiger partial charge in [-0.1, -0.05) is 38.0 Å². The molecule has 0 fully saturated rings. The van der Waals surface area contributed by atoms with Crippen LogP contribution in [0.2, 0.25) is 0 Å². The molecule has 0 spiro atoms. The van der Waals surface area contributed by atoms with E-state index < -0.39 is 0 Å². The highest BCUT2D eigenvalue weighted by Crippen LogP contribution is 2.04. The molecule has 1 aromatic carbocycles. The smallest absolute Gasteiger partial charge is 0.0561 e. The molecular formula is C12H18N2. The number of anilines is 1. The minimum absolute atomic E-state index is 1.04. The summed E-state index contributed by atoms with van der Waals surface area (Å²) >= 11 is 0. The number of nitrogens with zero attached hydrogens (tertiary/aromatic N) is 1. The molecule has 1 rings (SSSR count). The number of hydrogen-bond donors (Lipinski definition) is 1. The van der Waals surface area contributed by atoms with Crippen molar-refractivity contribution in [3.8, 4) is 0 Å². The molecule has 1 N–H and O–H groups in total. The predicted octanol–water partition coefficient (Wildman–Crippen LogP) is 3.66. The molecule has 0 heterocycles. The summed E-state index contributed by atoms with van der Waals surface area (Å²) in [6.45, 7) is 2.21. The van der Waals surface area contributed by atoms with Crippen molar-refractivity contribution < 1.29 is 0 Å². The van der Waals surface area contributed by atoms with Crippen molar-refractivity contribution in [2.75, 3.05) is 5.43 Å². The number of rotatable bonds is 6. The minimum atomic E-state index is 1.04. The lowest BCUT2D eigenvalue weighted by atomic mass is 10.2. The Kier molecular flexibility index (Phi) is 5.48. The van der Waals surface area contributed by atoms with Crippen LogP contribution in [0.1, 0.15) is 32.6 Å². The average molecular weight is 190 g/mol. The summed E-state index contributed by atoms with van der Waals surface area (Å²) < 4.78 is 0. The maximum atomic E-state index is 4.14. The largest absolute Gasteiger partial charge is 0.279 e. The first kappa shape index (κ1) is 10.8. The number of benzene rings is 1. The molecule has 0 aliphatic heterocycles. The van der Waals surface area contributed by atoms with Gasteiger partial charge in [0, 0.05) is 6.21 Å². The van der Waals surface area contributed by atoms with E-state index in [0.717, 1.165) is 12.1 Å². The first-order chi connectivity index (χ1) is 6.93. The molecule has 0 aliphatic rings. The molecule has 0 radical (unpaired) electrons. The third-order valence-corrected chi connectivity index (χ3v) is 2.00. The summed E-state index contributed by atoms with van der Waals surface area (Å²) in [7, 11) is 0. The summed E-state index contributed by atoms with van der Waals surface area (Å²) in [5.41, 5.74) is 4.03. The third kappa shape index (κ3) is 4.65. The molecule has 76 valence electrons. The Bertz CT molecular complexity index is 254. The van der Waals surface area contributed by atoms with Gasteiger partial charge in [0.1, 0.15) is 0 Å². The first-order valence-corrected chi connectivity index (χ1v) is 5.26. The van der Waals surface area contributed by atoms with Crippen molar-refractivity contribution >= 4 is 11.9 Å². The Morgan fingerprint density at radius 2 is 2.00 bits per heavy atom. The molecule has 0 bridgehead atoms. The van der Waals surface area contributed by atoms with Crippen molar-refractivity contribution in [1.82, 2.24) is 0 Å². The molecule has 0 aliphatic carbocycles. The molecule has 2 nitrogen and oxygen atoms in total. The van der Waals surface area contributed by atoms with Crippen molar-refractivity contribution in [2.24, 2.45) is 5.10 Å². The molecule has 1 aromatic rings. The van der Waals surface area contributed by atoms with E-state index in [1.165, 1.54) is 19.3 Å². The van der Waals surface area contributed by atoms with E-state index in [2.05, 4.69) is 17.5 Å². The zero-order chi connectivity index (χ0) is 10.1. The van der Waals surface area contributed by atoms with E-state index in [9.17, 15) is 0 Å². The molecule has 0 atom stereocenters. The van der Waals surface area contributed by atoms with Gasteiger partial charge in [0.2, 0.25) is 0 Å². The van der Waals surface area contributed by atoms with Gasteiger partial charge in [0.05, 0.1) is 5.69 Å². The van der Waals surface area contributed by atoms with Crippen LogP contribution in [0.15, 0.2) is 35.4 Å². The highest BCUT2D eigenvalue weighted by atomic mass is 15.3. The molecule has 0 amide bonds. The van der Waals surface area contributed by atoms with Gasteiger partial charge in [-0.15, -0.1) is 0 Å². The van der Waals surface area contributed by atoms with Gasteiger partial charge >= 0.3 is 0 Å². The van der Waals surface area contributed by atoms with Crippen LogP contribution >= 0.6 is 0 Å². The zero-order valence-electron chi connectivity index (χ0n) is 8.74. The fourth-order valence-electron chi connectivity index (χ4n) is 1.18. The molecule has 14 heavy (non-hydrogen) atoms. The third-order valence-electron chi connectivity index (χ3n) is 2.00. The van der Waals surface area contributed by atoms with Crippen LogP contribution < -0.4 is 5.43 Å². The number of nitrogens with one attached hydrogen (secondary N) is 1. The Labute approximate surface area is 86.0 Å². The summed E-state index contributed by atoms with van der Waals surface area (Å²) in [4.78, 5) is 0. The number of para-hydroxylation sites is 1. The molecule has 0 saturated heterocycles. The molecule has 2 heteroatoms. The van der Waals surface area contributed by atoms with E-state index >= 15 is 0 Å². The quantitative estimate of drug-likeness (QED) is 0.413. The van der Waals surface area contributed by atoms with Crippen molar-refractivity contribution in [1.29, 1.82) is 0 Å². The van der Waals surface area contributed by atoms with Crippen molar-refractivity contribution in [2.45, 2.75) is 32.6 Å². The van der Waals surface area contributed by atoms with Crippen molar-refractivity contribution in [3.05, 3.63) is 30.3 Å². The maximum absolute atomic E-state index is 4.14. The summed E-state index contributed by atoms with van der Waals surface area (Å²) in [5.74, 6) is 0. The van der Waals surface area contributed by atoms with Gasteiger partial charge in [-0.05, 0) is 25.0 Å². The summed E-state index contributed by atoms with van der Waals surface area (Å²) in [6, 6.07) is 9.99. The van der Waals surface area contributed by atoms with Crippen molar-refractivity contribution in [3.63, 3.8) is 0 Å². The molecular weight excluding hydrogens is 172 g/mol.